The predicted molar refractivity (Wildman–Crippen MR) is 70.7 cm³/mol. The van der Waals surface area contributed by atoms with Crippen molar-refractivity contribution in [2.45, 2.75) is 0 Å². The van der Waals surface area contributed by atoms with Gasteiger partial charge in [0.25, 0.3) is 0 Å². The second-order valence-corrected chi connectivity index (χ2v) is 4.38. The fraction of sp³-hybridized carbons (Fsp3) is 0. The molecule has 0 aliphatic carbocycles. The van der Waals surface area contributed by atoms with Crippen molar-refractivity contribution in [3.8, 4) is 11.4 Å². The molecule has 0 saturated heterocycles. The summed E-state index contributed by atoms with van der Waals surface area (Å²) in [7, 11) is 0. The highest BCUT2D eigenvalue weighted by atomic mass is 35.5. The number of anilines is 1. The molecule has 0 aliphatic rings. The summed E-state index contributed by atoms with van der Waals surface area (Å²) in [5.41, 5.74) is 8.31. The Morgan fingerprint density at radius 1 is 1.17 bits per heavy atom. The summed E-state index contributed by atoms with van der Waals surface area (Å²) in [5, 5.41) is 0.539. The van der Waals surface area contributed by atoms with Gasteiger partial charge >= 0.3 is 0 Å². The van der Waals surface area contributed by atoms with Crippen molar-refractivity contribution >= 4 is 34.5 Å². The first kappa shape index (κ1) is 11.3. The average Bonchev–Trinajstić information content (AvgIpc) is 2.77. The van der Waals surface area contributed by atoms with Crippen LogP contribution in [0.4, 0.5) is 5.69 Å². The molecule has 3 rings (SSSR count). The Hall–Kier alpha value is -1.85. The van der Waals surface area contributed by atoms with E-state index in [0.717, 1.165) is 0 Å². The van der Waals surface area contributed by atoms with E-state index in [1.54, 1.807) is 16.7 Å². The SMILES string of the molecule is Nc1cccn2c(-c3nc(Cl)ncc3Cl)cnc12. The van der Waals surface area contributed by atoms with Crippen LogP contribution in [0.1, 0.15) is 0 Å². The minimum absolute atomic E-state index is 0.133. The lowest BCUT2D eigenvalue weighted by atomic mass is 10.3. The third-order valence-corrected chi connectivity index (χ3v) is 2.98. The van der Waals surface area contributed by atoms with E-state index < -0.39 is 0 Å². The average molecular weight is 280 g/mol. The lowest BCUT2D eigenvalue weighted by molar-refractivity contribution is 1.13. The smallest absolute Gasteiger partial charge is 0.223 e. The van der Waals surface area contributed by atoms with Crippen molar-refractivity contribution in [2.75, 3.05) is 5.73 Å². The highest BCUT2D eigenvalue weighted by molar-refractivity contribution is 6.33. The zero-order valence-corrected chi connectivity index (χ0v) is 10.5. The van der Waals surface area contributed by atoms with Crippen LogP contribution in [0.3, 0.4) is 0 Å². The third-order valence-electron chi connectivity index (χ3n) is 2.52. The van der Waals surface area contributed by atoms with E-state index in [4.69, 9.17) is 28.9 Å². The van der Waals surface area contributed by atoms with Crippen LogP contribution in [0.2, 0.25) is 10.3 Å². The molecule has 3 heterocycles. The van der Waals surface area contributed by atoms with E-state index in [9.17, 15) is 0 Å². The number of rotatable bonds is 1. The standard InChI is InChI=1S/C11H7Cl2N5/c12-6-4-16-11(13)17-9(6)8-5-15-10-7(14)2-1-3-18(8)10/h1-5H,14H2. The molecule has 0 radical (unpaired) electrons. The Morgan fingerprint density at radius 2 is 2.00 bits per heavy atom. The molecule has 3 aromatic heterocycles. The molecule has 0 bridgehead atoms. The second kappa shape index (κ2) is 4.12. The minimum atomic E-state index is 0.133. The zero-order chi connectivity index (χ0) is 12.7. The quantitative estimate of drug-likeness (QED) is 0.696. The van der Waals surface area contributed by atoms with Gasteiger partial charge in [0.2, 0.25) is 5.28 Å². The summed E-state index contributed by atoms with van der Waals surface area (Å²) >= 11 is 11.9. The van der Waals surface area contributed by atoms with E-state index in [2.05, 4.69) is 15.0 Å². The maximum absolute atomic E-state index is 6.07. The molecule has 90 valence electrons. The lowest BCUT2D eigenvalue weighted by Gasteiger charge is -2.04. The van der Waals surface area contributed by atoms with Gasteiger partial charge in [-0.05, 0) is 23.7 Å². The van der Waals surface area contributed by atoms with E-state index in [0.29, 0.717) is 27.7 Å². The number of nitrogen functional groups attached to an aromatic ring is 1. The van der Waals surface area contributed by atoms with Gasteiger partial charge in [-0.1, -0.05) is 11.6 Å². The first-order valence-electron chi connectivity index (χ1n) is 5.07. The number of halogens is 2. The fourth-order valence-corrected chi connectivity index (χ4v) is 2.05. The Kier molecular flexibility index (Phi) is 2.57. The number of aromatic nitrogens is 4. The number of fused-ring (bicyclic) bond motifs is 1. The minimum Gasteiger partial charge on any atom is -0.396 e. The molecule has 0 atom stereocenters. The summed E-state index contributed by atoms with van der Waals surface area (Å²) in [5.74, 6) is 0. The van der Waals surface area contributed by atoms with Gasteiger partial charge in [-0.15, -0.1) is 0 Å². The normalized spacial score (nSPS) is 11.0. The summed E-state index contributed by atoms with van der Waals surface area (Å²) in [6.45, 7) is 0. The summed E-state index contributed by atoms with van der Waals surface area (Å²) in [4.78, 5) is 12.2. The van der Waals surface area contributed by atoms with Crippen LogP contribution in [-0.4, -0.2) is 19.4 Å². The maximum atomic E-state index is 6.07. The van der Waals surface area contributed by atoms with Crippen LogP contribution in [0, 0.1) is 0 Å². The monoisotopic (exact) mass is 279 g/mol. The molecule has 3 aromatic rings. The predicted octanol–water partition coefficient (Wildman–Crippen LogP) is 2.68. The van der Waals surface area contributed by atoms with Crippen molar-refractivity contribution in [1.82, 2.24) is 19.4 Å². The van der Waals surface area contributed by atoms with Gasteiger partial charge < -0.3 is 5.73 Å². The van der Waals surface area contributed by atoms with Gasteiger partial charge in [0.05, 0.1) is 28.8 Å². The molecular weight excluding hydrogens is 273 g/mol. The van der Waals surface area contributed by atoms with Gasteiger partial charge in [0, 0.05) is 6.20 Å². The molecular formula is C11H7Cl2N5. The van der Waals surface area contributed by atoms with Crippen molar-refractivity contribution in [1.29, 1.82) is 0 Å². The molecule has 0 amide bonds. The Labute approximate surface area is 112 Å². The number of hydrogen-bond donors (Lipinski definition) is 1. The number of pyridine rings is 1. The Morgan fingerprint density at radius 3 is 2.83 bits per heavy atom. The van der Waals surface area contributed by atoms with Crippen LogP contribution < -0.4 is 5.73 Å². The molecule has 18 heavy (non-hydrogen) atoms. The maximum Gasteiger partial charge on any atom is 0.223 e. The number of imidazole rings is 1. The van der Waals surface area contributed by atoms with Gasteiger partial charge in [-0.2, -0.15) is 0 Å². The molecule has 0 fully saturated rings. The van der Waals surface area contributed by atoms with Crippen molar-refractivity contribution < 1.29 is 0 Å². The summed E-state index contributed by atoms with van der Waals surface area (Å²) in [6, 6.07) is 3.60. The van der Waals surface area contributed by atoms with Crippen LogP contribution in [-0.2, 0) is 0 Å². The van der Waals surface area contributed by atoms with E-state index >= 15 is 0 Å². The molecule has 0 saturated carbocycles. The van der Waals surface area contributed by atoms with Gasteiger partial charge in [0.1, 0.15) is 5.69 Å². The van der Waals surface area contributed by atoms with Crippen molar-refractivity contribution in [3.05, 3.63) is 41.0 Å². The number of nitrogens with zero attached hydrogens (tertiary/aromatic N) is 4. The van der Waals surface area contributed by atoms with Crippen molar-refractivity contribution in [2.24, 2.45) is 0 Å². The first-order valence-corrected chi connectivity index (χ1v) is 5.82. The second-order valence-electron chi connectivity index (χ2n) is 3.64. The molecule has 0 unspecified atom stereocenters. The van der Waals surface area contributed by atoms with E-state index in [1.807, 2.05) is 12.3 Å². The van der Waals surface area contributed by atoms with Crippen LogP contribution >= 0.6 is 23.2 Å². The highest BCUT2D eigenvalue weighted by Crippen LogP contribution is 2.27. The number of hydrogen-bond acceptors (Lipinski definition) is 4. The highest BCUT2D eigenvalue weighted by Gasteiger charge is 2.13. The molecule has 0 aromatic carbocycles. The molecule has 0 spiro atoms. The Balaban J connectivity index is 2.32. The first-order chi connectivity index (χ1) is 8.66. The molecule has 2 N–H and O–H groups in total. The molecule has 7 heteroatoms. The zero-order valence-electron chi connectivity index (χ0n) is 9.01. The van der Waals surface area contributed by atoms with E-state index in [1.165, 1.54) is 6.20 Å². The van der Waals surface area contributed by atoms with E-state index in [-0.39, 0.29) is 5.28 Å². The largest absolute Gasteiger partial charge is 0.396 e. The van der Waals surface area contributed by atoms with Gasteiger partial charge in [0.15, 0.2) is 5.65 Å². The number of nitrogens with two attached hydrogens (primary N) is 1. The molecule has 5 nitrogen and oxygen atoms in total. The summed E-state index contributed by atoms with van der Waals surface area (Å²) < 4.78 is 1.81. The lowest BCUT2D eigenvalue weighted by Crippen LogP contribution is -1.95. The third kappa shape index (κ3) is 1.68. The topological polar surface area (TPSA) is 69.1 Å². The van der Waals surface area contributed by atoms with Crippen LogP contribution in [0.15, 0.2) is 30.7 Å². The summed E-state index contributed by atoms with van der Waals surface area (Å²) in [6.07, 6.45) is 4.94. The molecule has 0 aliphatic heterocycles. The van der Waals surface area contributed by atoms with Crippen molar-refractivity contribution in [3.63, 3.8) is 0 Å². The fourth-order valence-electron chi connectivity index (χ4n) is 1.73. The van der Waals surface area contributed by atoms with Crippen LogP contribution in [0.25, 0.3) is 17.0 Å². The van der Waals surface area contributed by atoms with Gasteiger partial charge in [-0.25, -0.2) is 15.0 Å². The van der Waals surface area contributed by atoms with Gasteiger partial charge in [-0.3, -0.25) is 4.40 Å². The van der Waals surface area contributed by atoms with Crippen LogP contribution in [0.5, 0.6) is 0 Å². The Bertz CT molecular complexity index is 737.